The van der Waals surface area contributed by atoms with Crippen molar-refractivity contribution in [1.82, 2.24) is 4.90 Å². The van der Waals surface area contributed by atoms with Gasteiger partial charge in [-0.3, -0.25) is 23.8 Å². The van der Waals surface area contributed by atoms with E-state index in [1.165, 1.54) is 0 Å². The number of likely N-dealkylation sites (tertiary alicyclic amines) is 1. The Morgan fingerprint density at radius 2 is 1.96 bits per heavy atom. The smallest absolute Gasteiger partial charge is 0.405 e. The summed E-state index contributed by atoms with van der Waals surface area (Å²) < 4.78 is 61.0. The summed E-state index contributed by atoms with van der Waals surface area (Å²) in [5.41, 5.74) is 0. The Labute approximate surface area is 150 Å². The molecule has 0 aliphatic carbocycles. The van der Waals surface area contributed by atoms with E-state index in [0.717, 1.165) is 4.90 Å². The van der Waals surface area contributed by atoms with Crippen LogP contribution in [0.2, 0.25) is 0 Å². The van der Waals surface area contributed by atoms with Gasteiger partial charge in [-0.15, -0.1) is 0 Å². The van der Waals surface area contributed by atoms with E-state index in [2.05, 4.69) is 4.74 Å². The third kappa shape index (κ3) is 5.19. The van der Waals surface area contributed by atoms with Crippen LogP contribution in [0.5, 0.6) is 0 Å². The second kappa shape index (κ2) is 8.38. The van der Waals surface area contributed by atoms with Gasteiger partial charge in [-0.1, -0.05) is 13.8 Å². The molecule has 8 nitrogen and oxygen atoms in total. The Kier molecular flexibility index (Phi) is 7.23. The number of esters is 1. The number of carbonyl (C=O) groups excluding carboxylic acids is 3. The molecule has 1 N–H and O–H groups in total. The van der Waals surface area contributed by atoms with Gasteiger partial charge in [0.15, 0.2) is 6.10 Å². The molecule has 0 aromatic rings. The van der Waals surface area contributed by atoms with Crippen molar-refractivity contribution in [2.75, 3.05) is 6.54 Å². The molecule has 3 atom stereocenters. The third-order valence-corrected chi connectivity index (χ3v) is 5.41. The van der Waals surface area contributed by atoms with Crippen LogP contribution in [0.25, 0.3) is 0 Å². The number of carbonyl (C=O) groups is 3. The lowest BCUT2D eigenvalue weighted by Gasteiger charge is -2.32. The molecule has 0 aromatic heterocycles. The molecule has 2 amide bonds. The number of piperidine rings is 1. The number of nitrogens with zero attached hydrogens (tertiary/aromatic N) is 1. The molecule has 1 saturated heterocycles. The highest BCUT2D eigenvalue weighted by atomic mass is 32.2. The van der Waals surface area contributed by atoms with Gasteiger partial charge in [0.25, 0.3) is 0 Å². The van der Waals surface area contributed by atoms with Gasteiger partial charge in [0, 0.05) is 18.9 Å². The van der Waals surface area contributed by atoms with Crippen molar-refractivity contribution < 1.29 is 40.9 Å². The number of rotatable bonds is 7. The summed E-state index contributed by atoms with van der Waals surface area (Å²) in [6.07, 6.45) is -1.88. The van der Waals surface area contributed by atoms with Crippen molar-refractivity contribution in [2.45, 2.75) is 57.8 Å². The predicted molar refractivity (Wildman–Crippen MR) is 85.6 cm³/mol. The van der Waals surface area contributed by atoms with Crippen LogP contribution in [0.3, 0.4) is 0 Å². The van der Waals surface area contributed by atoms with Crippen LogP contribution in [0.15, 0.2) is 0 Å². The SMILES string of the molecule is CCC(C)C(=O)N1CC(CC(=O)OC(C)C(F)(F)S(=O)(=O)O)CCC1=O. The van der Waals surface area contributed by atoms with Gasteiger partial charge in [-0.25, -0.2) is 0 Å². The van der Waals surface area contributed by atoms with Crippen LogP contribution in [-0.2, 0) is 29.2 Å². The van der Waals surface area contributed by atoms with E-state index < -0.39 is 33.4 Å². The van der Waals surface area contributed by atoms with Gasteiger partial charge in [-0.2, -0.15) is 17.2 Å². The highest BCUT2D eigenvalue weighted by molar-refractivity contribution is 7.86. The number of halogens is 2. The molecule has 1 aliphatic rings. The first-order chi connectivity index (χ1) is 11.8. The Morgan fingerprint density at radius 1 is 1.38 bits per heavy atom. The van der Waals surface area contributed by atoms with E-state index in [-0.39, 0.29) is 43.5 Å². The Balaban J connectivity index is 2.70. The number of alkyl halides is 2. The summed E-state index contributed by atoms with van der Waals surface area (Å²) in [4.78, 5) is 37.0. The fourth-order valence-corrected chi connectivity index (χ4v) is 2.96. The molecule has 0 aromatic carbocycles. The molecule has 11 heteroatoms. The molecule has 0 radical (unpaired) electrons. The fraction of sp³-hybridized carbons (Fsp3) is 0.800. The number of hydrogen-bond acceptors (Lipinski definition) is 6. The van der Waals surface area contributed by atoms with E-state index in [4.69, 9.17) is 4.55 Å². The van der Waals surface area contributed by atoms with Gasteiger partial charge in [0.1, 0.15) is 0 Å². The maximum absolute atomic E-state index is 13.4. The Morgan fingerprint density at radius 3 is 2.46 bits per heavy atom. The quantitative estimate of drug-likeness (QED) is 0.510. The zero-order valence-corrected chi connectivity index (χ0v) is 15.6. The van der Waals surface area contributed by atoms with Gasteiger partial charge < -0.3 is 4.74 Å². The molecule has 0 saturated carbocycles. The van der Waals surface area contributed by atoms with Crippen molar-refractivity contribution in [3.8, 4) is 0 Å². The van der Waals surface area contributed by atoms with E-state index in [9.17, 15) is 31.6 Å². The van der Waals surface area contributed by atoms with Crippen LogP contribution in [-0.4, -0.2) is 53.6 Å². The van der Waals surface area contributed by atoms with Crippen molar-refractivity contribution in [2.24, 2.45) is 11.8 Å². The van der Waals surface area contributed by atoms with Crippen LogP contribution >= 0.6 is 0 Å². The first-order valence-electron chi connectivity index (χ1n) is 8.19. The van der Waals surface area contributed by atoms with Crippen LogP contribution in [0, 0.1) is 11.8 Å². The molecule has 1 heterocycles. The third-order valence-electron chi connectivity index (χ3n) is 4.39. The second-order valence-corrected chi connectivity index (χ2v) is 7.92. The molecular weight excluding hydrogens is 376 g/mol. The van der Waals surface area contributed by atoms with Crippen LogP contribution < -0.4 is 0 Å². The topological polar surface area (TPSA) is 118 Å². The van der Waals surface area contributed by atoms with Crippen molar-refractivity contribution in [1.29, 1.82) is 0 Å². The summed E-state index contributed by atoms with van der Waals surface area (Å²) >= 11 is 0. The Bertz CT molecular complexity index is 665. The van der Waals surface area contributed by atoms with E-state index in [1.807, 2.05) is 0 Å². The lowest BCUT2D eigenvalue weighted by Crippen LogP contribution is -2.47. The normalized spacial score (nSPS) is 21.2. The maximum atomic E-state index is 13.4. The summed E-state index contributed by atoms with van der Waals surface area (Å²) in [5.74, 6) is -2.65. The molecule has 150 valence electrons. The minimum atomic E-state index is -5.73. The second-order valence-electron chi connectivity index (χ2n) is 6.43. The largest absolute Gasteiger partial charge is 0.455 e. The minimum Gasteiger partial charge on any atom is -0.455 e. The Hall–Kier alpha value is -1.62. The zero-order valence-electron chi connectivity index (χ0n) is 14.8. The van der Waals surface area contributed by atoms with Gasteiger partial charge in [0.05, 0.1) is 6.42 Å². The molecule has 1 aliphatic heterocycles. The van der Waals surface area contributed by atoms with Gasteiger partial charge in [-0.05, 0) is 25.7 Å². The van der Waals surface area contributed by atoms with E-state index >= 15 is 0 Å². The summed E-state index contributed by atoms with van der Waals surface area (Å²) in [5, 5.41) is -4.64. The molecule has 0 spiro atoms. The molecule has 1 fully saturated rings. The van der Waals surface area contributed by atoms with E-state index in [0.29, 0.717) is 13.3 Å². The van der Waals surface area contributed by atoms with Crippen molar-refractivity contribution in [3.63, 3.8) is 0 Å². The highest BCUT2D eigenvalue weighted by Gasteiger charge is 2.52. The zero-order chi connectivity index (χ0) is 20.3. The molecule has 3 unspecified atom stereocenters. The predicted octanol–water partition coefficient (Wildman–Crippen LogP) is 1.60. The maximum Gasteiger partial charge on any atom is 0.405 e. The average molecular weight is 399 g/mol. The molecule has 1 rings (SSSR count). The minimum absolute atomic E-state index is 0.0276. The highest BCUT2D eigenvalue weighted by Crippen LogP contribution is 2.28. The van der Waals surface area contributed by atoms with E-state index in [1.54, 1.807) is 13.8 Å². The lowest BCUT2D eigenvalue weighted by atomic mass is 9.93. The number of imide groups is 1. The van der Waals surface area contributed by atoms with Crippen LogP contribution in [0.1, 0.15) is 46.5 Å². The summed E-state index contributed by atoms with van der Waals surface area (Å²) in [7, 11) is -5.73. The lowest BCUT2D eigenvalue weighted by molar-refractivity contribution is -0.163. The van der Waals surface area contributed by atoms with Crippen molar-refractivity contribution in [3.05, 3.63) is 0 Å². The van der Waals surface area contributed by atoms with Gasteiger partial charge in [0.2, 0.25) is 11.8 Å². The summed E-state index contributed by atoms with van der Waals surface area (Å²) in [6.45, 7) is 4.09. The standard InChI is InChI=1S/C15H23F2NO7S/c1-4-9(2)14(21)18-8-11(5-6-12(18)19)7-13(20)25-10(3)15(16,17)26(22,23)24/h9-11H,4-8H2,1-3H3,(H,22,23,24). The number of hydrogen-bond donors (Lipinski definition) is 1. The first-order valence-corrected chi connectivity index (χ1v) is 9.63. The summed E-state index contributed by atoms with van der Waals surface area (Å²) in [6, 6.07) is 0. The molecule has 26 heavy (non-hydrogen) atoms. The average Bonchev–Trinajstić information content (AvgIpc) is 2.53. The monoisotopic (exact) mass is 399 g/mol. The molecular formula is C15H23F2NO7S. The van der Waals surface area contributed by atoms with Crippen molar-refractivity contribution >= 4 is 27.9 Å². The fourth-order valence-electron chi connectivity index (χ4n) is 2.49. The molecule has 0 bridgehead atoms. The number of amides is 2. The van der Waals surface area contributed by atoms with Crippen LogP contribution in [0.4, 0.5) is 8.78 Å². The first kappa shape index (κ1) is 22.4. The number of ether oxygens (including phenoxy) is 1. The van der Waals surface area contributed by atoms with Gasteiger partial charge >= 0.3 is 21.3 Å².